The van der Waals surface area contributed by atoms with Crippen LogP contribution < -0.4 is 10.6 Å². The molecule has 0 atom stereocenters. The van der Waals surface area contributed by atoms with Crippen LogP contribution in [0.25, 0.3) is 6.08 Å². The number of hydrogen-bond acceptors (Lipinski definition) is 2. The van der Waals surface area contributed by atoms with Gasteiger partial charge in [0.15, 0.2) is 0 Å². The van der Waals surface area contributed by atoms with Crippen LogP contribution >= 0.6 is 15.9 Å². The van der Waals surface area contributed by atoms with Gasteiger partial charge in [0.1, 0.15) is 5.70 Å². The molecule has 0 saturated carbocycles. The van der Waals surface area contributed by atoms with Crippen molar-refractivity contribution < 1.29 is 9.59 Å². The standard InChI is InChI=1S/C24H21BrN2O2/c1-16-5-3-7-19(13-16)23(28)27-22(15-18-9-11-20(25)12-10-18)24(29)26-21-8-4-6-17(2)14-21/h3-15H,1-2H3,(H,26,29)(H,27,28). The monoisotopic (exact) mass is 448 g/mol. The molecule has 3 aromatic carbocycles. The van der Waals surface area contributed by atoms with Gasteiger partial charge < -0.3 is 10.6 Å². The Bertz CT molecular complexity index is 1070. The summed E-state index contributed by atoms with van der Waals surface area (Å²) in [4.78, 5) is 25.6. The maximum absolute atomic E-state index is 12.9. The van der Waals surface area contributed by atoms with Gasteiger partial charge in [0.25, 0.3) is 11.8 Å². The zero-order valence-corrected chi connectivity index (χ0v) is 17.8. The average molecular weight is 449 g/mol. The lowest BCUT2D eigenvalue weighted by molar-refractivity contribution is -0.113. The molecule has 0 bridgehead atoms. The van der Waals surface area contributed by atoms with Crippen molar-refractivity contribution in [2.75, 3.05) is 5.32 Å². The molecule has 0 heterocycles. The fourth-order valence-electron chi connectivity index (χ4n) is 2.79. The quantitative estimate of drug-likeness (QED) is 0.507. The topological polar surface area (TPSA) is 58.2 Å². The van der Waals surface area contributed by atoms with Crippen LogP contribution in [-0.2, 0) is 4.79 Å². The molecule has 2 N–H and O–H groups in total. The summed E-state index contributed by atoms with van der Waals surface area (Å²) in [5.41, 5.74) is 4.13. The molecule has 0 aliphatic rings. The van der Waals surface area contributed by atoms with Gasteiger partial charge in [-0.05, 0) is 67.4 Å². The van der Waals surface area contributed by atoms with E-state index in [0.29, 0.717) is 11.3 Å². The van der Waals surface area contributed by atoms with E-state index in [1.54, 1.807) is 18.2 Å². The third-order valence-electron chi connectivity index (χ3n) is 4.23. The van der Waals surface area contributed by atoms with Crippen LogP contribution in [0.5, 0.6) is 0 Å². The zero-order valence-electron chi connectivity index (χ0n) is 16.2. The summed E-state index contributed by atoms with van der Waals surface area (Å²) in [6.07, 6.45) is 1.66. The SMILES string of the molecule is Cc1cccc(NC(=O)C(=Cc2ccc(Br)cc2)NC(=O)c2cccc(C)c2)c1. The van der Waals surface area contributed by atoms with E-state index < -0.39 is 0 Å². The van der Waals surface area contributed by atoms with E-state index in [9.17, 15) is 9.59 Å². The Labute approximate surface area is 178 Å². The third-order valence-corrected chi connectivity index (χ3v) is 4.76. The maximum Gasteiger partial charge on any atom is 0.272 e. The second kappa shape index (κ2) is 9.34. The average Bonchev–Trinajstić information content (AvgIpc) is 2.69. The first-order valence-corrected chi connectivity index (χ1v) is 9.93. The van der Waals surface area contributed by atoms with Gasteiger partial charge in [-0.25, -0.2) is 0 Å². The fourth-order valence-corrected chi connectivity index (χ4v) is 3.05. The Kier molecular flexibility index (Phi) is 6.62. The van der Waals surface area contributed by atoms with Crippen LogP contribution in [0.4, 0.5) is 5.69 Å². The zero-order chi connectivity index (χ0) is 20.8. The molecule has 3 aromatic rings. The maximum atomic E-state index is 12.9. The van der Waals surface area contributed by atoms with Gasteiger partial charge in [-0.15, -0.1) is 0 Å². The van der Waals surface area contributed by atoms with Crippen LogP contribution in [0.3, 0.4) is 0 Å². The summed E-state index contributed by atoms with van der Waals surface area (Å²) in [5, 5.41) is 5.61. The molecule has 0 aliphatic carbocycles. The summed E-state index contributed by atoms with van der Waals surface area (Å²) in [6, 6.07) is 22.2. The van der Waals surface area contributed by atoms with Gasteiger partial charge >= 0.3 is 0 Å². The molecule has 0 radical (unpaired) electrons. The van der Waals surface area contributed by atoms with Crippen LogP contribution in [-0.4, -0.2) is 11.8 Å². The summed E-state index contributed by atoms with van der Waals surface area (Å²) >= 11 is 3.40. The van der Waals surface area contributed by atoms with E-state index in [4.69, 9.17) is 0 Å². The van der Waals surface area contributed by atoms with Crippen molar-refractivity contribution >= 4 is 39.5 Å². The van der Waals surface area contributed by atoms with Crippen LogP contribution in [0.15, 0.2) is 83.0 Å². The van der Waals surface area contributed by atoms with Crippen LogP contribution in [0.1, 0.15) is 27.0 Å². The molecule has 0 unspecified atom stereocenters. The van der Waals surface area contributed by atoms with Gasteiger partial charge in [0.2, 0.25) is 0 Å². The molecule has 0 aromatic heterocycles. The predicted molar refractivity (Wildman–Crippen MR) is 121 cm³/mol. The molecular formula is C24H21BrN2O2. The lowest BCUT2D eigenvalue weighted by atomic mass is 10.1. The number of benzene rings is 3. The number of anilines is 1. The second-order valence-corrected chi connectivity index (χ2v) is 7.67. The van der Waals surface area contributed by atoms with E-state index >= 15 is 0 Å². The molecule has 0 fully saturated rings. The molecule has 0 saturated heterocycles. The van der Waals surface area contributed by atoms with Crippen molar-refractivity contribution in [1.29, 1.82) is 0 Å². The normalized spacial score (nSPS) is 11.1. The lowest BCUT2D eigenvalue weighted by Gasteiger charge is -2.12. The molecule has 3 rings (SSSR count). The van der Waals surface area contributed by atoms with Crippen LogP contribution in [0.2, 0.25) is 0 Å². The summed E-state index contributed by atoms with van der Waals surface area (Å²) in [5.74, 6) is -0.726. The van der Waals surface area contributed by atoms with E-state index in [-0.39, 0.29) is 17.5 Å². The molecule has 0 spiro atoms. The molecule has 5 heteroatoms. The minimum absolute atomic E-state index is 0.167. The van der Waals surface area contributed by atoms with Gasteiger partial charge in [0.05, 0.1) is 0 Å². The first kappa shape index (κ1) is 20.6. The minimum Gasteiger partial charge on any atom is -0.321 e. The summed E-state index contributed by atoms with van der Waals surface area (Å²) in [7, 11) is 0. The first-order valence-electron chi connectivity index (χ1n) is 9.14. The van der Waals surface area contributed by atoms with Crippen LogP contribution in [0, 0.1) is 13.8 Å². The number of halogens is 1. The first-order chi connectivity index (χ1) is 13.9. The minimum atomic E-state index is -0.389. The van der Waals surface area contributed by atoms with Gasteiger partial charge in [-0.1, -0.05) is 57.9 Å². The summed E-state index contributed by atoms with van der Waals surface area (Å²) < 4.78 is 0.934. The Morgan fingerprint density at radius 2 is 1.52 bits per heavy atom. The molecular weight excluding hydrogens is 428 g/mol. The van der Waals surface area contributed by atoms with Gasteiger partial charge in [-0.2, -0.15) is 0 Å². The van der Waals surface area contributed by atoms with Gasteiger partial charge in [0, 0.05) is 15.7 Å². The second-order valence-electron chi connectivity index (χ2n) is 6.76. The highest BCUT2D eigenvalue weighted by molar-refractivity contribution is 9.10. The number of carbonyl (C=O) groups excluding carboxylic acids is 2. The van der Waals surface area contributed by atoms with E-state index in [2.05, 4.69) is 26.6 Å². The number of amides is 2. The Balaban J connectivity index is 1.89. The predicted octanol–water partition coefficient (Wildman–Crippen LogP) is 5.48. The van der Waals surface area contributed by atoms with E-state index in [0.717, 1.165) is 21.2 Å². The molecule has 0 aliphatic heterocycles. The Hall–Kier alpha value is -3.18. The largest absolute Gasteiger partial charge is 0.321 e. The van der Waals surface area contributed by atoms with Crippen molar-refractivity contribution in [3.8, 4) is 0 Å². The lowest BCUT2D eigenvalue weighted by Crippen LogP contribution is -2.30. The fraction of sp³-hybridized carbons (Fsp3) is 0.0833. The third kappa shape index (κ3) is 5.90. The molecule has 29 heavy (non-hydrogen) atoms. The highest BCUT2D eigenvalue weighted by Crippen LogP contribution is 2.15. The van der Waals surface area contributed by atoms with Crippen molar-refractivity contribution in [3.63, 3.8) is 0 Å². The van der Waals surface area contributed by atoms with E-state index in [1.165, 1.54) is 0 Å². The highest BCUT2D eigenvalue weighted by atomic mass is 79.9. The number of rotatable bonds is 5. The number of hydrogen-bond donors (Lipinski definition) is 2. The molecule has 2 amide bonds. The smallest absolute Gasteiger partial charge is 0.272 e. The van der Waals surface area contributed by atoms with Crippen molar-refractivity contribution in [1.82, 2.24) is 5.32 Å². The van der Waals surface area contributed by atoms with Crippen molar-refractivity contribution in [2.45, 2.75) is 13.8 Å². The van der Waals surface area contributed by atoms with Crippen molar-refractivity contribution in [2.24, 2.45) is 0 Å². The Morgan fingerprint density at radius 1 is 0.862 bits per heavy atom. The van der Waals surface area contributed by atoms with Gasteiger partial charge in [-0.3, -0.25) is 9.59 Å². The van der Waals surface area contributed by atoms with Crippen molar-refractivity contribution in [3.05, 3.63) is 105 Å². The number of nitrogens with one attached hydrogen (secondary N) is 2. The summed E-state index contributed by atoms with van der Waals surface area (Å²) in [6.45, 7) is 3.87. The van der Waals surface area contributed by atoms with E-state index in [1.807, 2.05) is 74.5 Å². The molecule has 4 nitrogen and oxygen atoms in total. The molecule has 146 valence electrons. The number of aryl methyl sites for hydroxylation is 2. The Morgan fingerprint density at radius 3 is 2.17 bits per heavy atom. The highest BCUT2D eigenvalue weighted by Gasteiger charge is 2.15. The number of carbonyl (C=O) groups is 2.